The Morgan fingerprint density at radius 3 is 0.933 bits per heavy atom. The summed E-state index contributed by atoms with van der Waals surface area (Å²) >= 11 is 0. The van der Waals surface area contributed by atoms with Gasteiger partial charge in [0.2, 0.25) is 0 Å². The summed E-state index contributed by atoms with van der Waals surface area (Å²) in [5, 5.41) is 0. The first kappa shape index (κ1) is 32.4. The van der Waals surface area contributed by atoms with Gasteiger partial charge in [-0.1, -0.05) is 142 Å². The van der Waals surface area contributed by atoms with Gasteiger partial charge in [-0.2, -0.15) is 0 Å². The Balaban J connectivity index is 0. The van der Waals surface area contributed by atoms with Gasteiger partial charge < -0.3 is 5.73 Å². The van der Waals surface area contributed by atoms with E-state index in [0.29, 0.717) is 5.92 Å². The lowest BCUT2D eigenvalue weighted by Crippen LogP contribution is -2.40. The van der Waals surface area contributed by atoms with Crippen molar-refractivity contribution in [2.75, 3.05) is 0 Å². The van der Waals surface area contributed by atoms with Crippen molar-refractivity contribution in [2.24, 2.45) is 11.7 Å². The van der Waals surface area contributed by atoms with Crippen LogP contribution in [-0.4, -0.2) is 5.54 Å². The van der Waals surface area contributed by atoms with E-state index in [0.717, 1.165) is 0 Å². The number of halogens is 1. The van der Waals surface area contributed by atoms with E-state index in [1.54, 1.807) is 0 Å². The van der Waals surface area contributed by atoms with Crippen LogP contribution in [0.15, 0.2) is 0 Å². The highest BCUT2D eigenvalue weighted by Gasteiger charge is 2.23. The van der Waals surface area contributed by atoms with Crippen molar-refractivity contribution in [1.82, 2.24) is 0 Å². The third kappa shape index (κ3) is 22.9. The minimum absolute atomic E-state index is 0. The summed E-state index contributed by atoms with van der Waals surface area (Å²) in [6, 6.07) is 0. The van der Waals surface area contributed by atoms with Gasteiger partial charge in [0.1, 0.15) is 0 Å². The molecule has 2 N–H and O–H groups in total. The average molecular weight is 446 g/mol. The van der Waals surface area contributed by atoms with Crippen LogP contribution in [0.1, 0.15) is 169 Å². The molecule has 2 heteroatoms. The van der Waals surface area contributed by atoms with Gasteiger partial charge in [-0.05, 0) is 32.6 Å². The summed E-state index contributed by atoms with van der Waals surface area (Å²) in [5.41, 5.74) is 6.52. The Morgan fingerprint density at radius 2 is 0.700 bits per heavy atom. The summed E-state index contributed by atoms with van der Waals surface area (Å²) in [6.07, 6.45) is 31.2. The number of unbranched alkanes of at least 4 members (excludes halogenated alkanes) is 18. The van der Waals surface area contributed by atoms with Crippen LogP contribution in [0.2, 0.25) is 0 Å². The zero-order valence-electron chi connectivity index (χ0n) is 21.6. The quantitative estimate of drug-likeness (QED) is 0.155. The van der Waals surface area contributed by atoms with Crippen LogP contribution >= 0.6 is 12.4 Å². The minimum atomic E-state index is -0.00143. The highest BCUT2D eigenvalue weighted by Crippen LogP contribution is 2.27. The largest absolute Gasteiger partial charge is 0.325 e. The number of nitrogens with two attached hydrogens (primary N) is 1. The highest BCUT2D eigenvalue weighted by atomic mass is 35.5. The molecule has 0 aromatic rings. The van der Waals surface area contributed by atoms with Crippen molar-refractivity contribution in [1.29, 1.82) is 0 Å². The first-order valence-electron chi connectivity index (χ1n) is 13.8. The predicted octanol–water partition coefficient (Wildman–Crippen LogP) is 10.4. The third-order valence-corrected chi connectivity index (χ3v) is 6.86. The molecule has 0 spiro atoms. The molecular weight excluding hydrogens is 386 g/mol. The predicted molar refractivity (Wildman–Crippen MR) is 142 cm³/mol. The summed E-state index contributed by atoms with van der Waals surface area (Å²) in [7, 11) is 0. The molecule has 0 aromatic heterocycles. The molecule has 0 saturated heterocycles. The summed E-state index contributed by atoms with van der Waals surface area (Å²) in [6.45, 7) is 9.10. The Hall–Kier alpha value is 0.250. The van der Waals surface area contributed by atoms with Crippen LogP contribution in [0.5, 0.6) is 0 Å². The summed E-state index contributed by atoms with van der Waals surface area (Å²) in [5.74, 6) is 0.714. The van der Waals surface area contributed by atoms with E-state index in [2.05, 4.69) is 27.7 Å². The SMILES string of the molecule is CCCCCCCCCCCCC(CCCCCCCCCCCC)C(C)(C)N.Cl. The lowest BCUT2D eigenvalue weighted by atomic mass is 9.80. The van der Waals surface area contributed by atoms with Crippen molar-refractivity contribution in [3.05, 3.63) is 0 Å². The van der Waals surface area contributed by atoms with Crippen molar-refractivity contribution >= 4 is 12.4 Å². The van der Waals surface area contributed by atoms with Crippen molar-refractivity contribution in [3.8, 4) is 0 Å². The molecule has 184 valence electrons. The Kier molecular flexibility index (Phi) is 25.8. The van der Waals surface area contributed by atoms with Gasteiger partial charge in [-0.25, -0.2) is 0 Å². The van der Waals surface area contributed by atoms with Gasteiger partial charge in [0.05, 0.1) is 0 Å². The Morgan fingerprint density at radius 1 is 0.467 bits per heavy atom. The summed E-state index contributed by atoms with van der Waals surface area (Å²) in [4.78, 5) is 0. The van der Waals surface area contributed by atoms with E-state index < -0.39 is 0 Å². The molecule has 0 heterocycles. The fourth-order valence-corrected chi connectivity index (χ4v) is 4.64. The molecule has 0 rings (SSSR count). The molecule has 0 aliphatic rings. The smallest absolute Gasteiger partial charge is 0.0125 e. The number of rotatable bonds is 23. The van der Waals surface area contributed by atoms with Gasteiger partial charge in [0.25, 0.3) is 0 Å². The number of hydrogen-bond acceptors (Lipinski definition) is 1. The van der Waals surface area contributed by atoms with Crippen LogP contribution < -0.4 is 5.73 Å². The van der Waals surface area contributed by atoms with E-state index >= 15 is 0 Å². The van der Waals surface area contributed by atoms with Gasteiger partial charge in [0.15, 0.2) is 0 Å². The third-order valence-electron chi connectivity index (χ3n) is 6.86. The molecule has 0 atom stereocenters. The van der Waals surface area contributed by atoms with Crippen LogP contribution in [0.3, 0.4) is 0 Å². The second kappa shape index (κ2) is 23.9. The molecule has 0 aliphatic carbocycles. The van der Waals surface area contributed by atoms with E-state index in [1.807, 2.05) is 0 Å². The first-order valence-corrected chi connectivity index (χ1v) is 13.8. The van der Waals surface area contributed by atoms with Crippen LogP contribution in [0.25, 0.3) is 0 Å². The molecule has 0 unspecified atom stereocenters. The zero-order chi connectivity index (χ0) is 21.6. The van der Waals surface area contributed by atoms with E-state index in [4.69, 9.17) is 5.73 Å². The molecule has 30 heavy (non-hydrogen) atoms. The normalized spacial score (nSPS) is 11.8. The molecular formula is C28H60ClN. The second-order valence-electron chi connectivity index (χ2n) is 10.5. The molecule has 0 fully saturated rings. The standard InChI is InChI=1S/C28H59N.ClH/c1-5-7-9-11-13-15-17-19-21-23-25-27(28(3,4)29)26-24-22-20-18-16-14-12-10-8-6-2;/h27H,5-26,29H2,1-4H3;1H. The lowest BCUT2D eigenvalue weighted by molar-refractivity contribution is 0.267. The van der Waals surface area contributed by atoms with Crippen molar-refractivity contribution in [3.63, 3.8) is 0 Å². The topological polar surface area (TPSA) is 26.0 Å². The van der Waals surface area contributed by atoms with Gasteiger partial charge in [-0.15, -0.1) is 12.4 Å². The van der Waals surface area contributed by atoms with E-state index in [-0.39, 0.29) is 17.9 Å². The molecule has 0 saturated carbocycles. The monoisotopic (exact) mass is 445 g/mol. The maximum absolute atomic E-state index is 6.52. The first-order chi connectivity index (χ1) is 14.0. The second-order valence-corrected chi connectivity index (χ2v) is 10.5. The maximum Gasteiger partial charge on any atom is 0.0125 e. The lowest BCUT2D eigenvalue weighted by Gasteiger charge is -2.31. The van der Waals surface area contributed by atoms with Crippen LogP contribution in [0, 0.1) is 5.92 Å². The fourth-order valence-electron chi connectivity index (χ4n) is 4.64. The van der Waals surface area contributed by atoms with Crippen molar-refractivity contribution < 1.29 is 0 Å². The van der Waals surface area contributed by atoms with Gasteiger partial charge in [-0.3, -0.25) is 0 Å². The summed E-state index contributed by atoms with van der Waals surface area (Å²) < 4.78 is 0. The molecule has 0 radical (unpaired) electrons. The van der Waals surface area contributed by atoms with E-state index in [9.17, 15) is 0 Å². The zero-order valence-corrected chi connectivity index (χ0v) is 22.4. The van der Waals surface area contributed by atoms with Crippen LogP contribution in [-0.2, 0) is 0 Å². The minimum Gasteiger partial charge on any atom is -0.325 e. The van der Waals surface area contributed by atoms with Crippen LogP contribution in [0.4, 0.5) is 0 Å². The average Bonchev–Trinajstić information content (AvgIpc) is 2.68. The maximum atomic E-state index is 6.52. The fraction of sp³-hybridized carbons (Fsp3) is 1.00. The van der Waals surface area contributed by atoms with E-state index in [1.165, 1.54) is 141 Å². The van der Waals surface area contributed by atoms with Gasteiger partial charge >= 0.3 is 0 Å². The Bertz CT molecular complexity index is 286. The number of hydrogen-bond donors (Lipinski definition) is 1. The molecule has 0 amide bonds. The van der Waals surface area contributed by atoms with Crippen molar-refractivity contribution in [2.45, 2.75) is 174 Å². The molecule has 0 aliphatic heterocycles. The molecule has 1 nitrogen and oxygen atoms in total. The highest BCUT2D eigenvalue weighted by molar-refractivity contribution is 5.85. The Labute approximate surface area is 198 Å². The molecule has 0 aromatic carbocycles. The van der Waals surface area contributed by atoms with Gasteiger partial charge in [0, 0.05) is 5.54 Å². The molecule has 0 bridgehead atoms.